The molecule has 0 spiro atoms. The van der Waals surface area contributed by atoms with E-state index in [2.05, 4.69) is 51.0 Å². The lowest BCUT2D eigenvalue weighted by atomic mass is 9.98. The summed E-state index contributed by atoms with van der Waals surface area (Å²) >= 11 is 3.68. The summed E-state index contributed by atoms with van der Waals surface area (Å²) < 4.78 is 1.13. The van der Waals surface area contributed by atoms with Gasteiger partial charge in [0.25, 0.3) is 0 Å². The van der Waals surface area contributed by atoms with Crippen molar-refractivity contribution in [3.05, 3.63) is 22.3 Å². The molecule has 2 unspecified atom stereocenters. The topological polar surface area (TPSA) is 28.2 Å². The van der Waals surface area contributed by atoms with Crippen LogP contribution >= 0.6 is 15.9 Å². The molecule has 104 valence electrons. The first-order valence-corrected chi connectivity index (χ1v) is 8.11. The Morgan fingerprint density at radius 2 is 2.05 bits per heavy atom. The van der Waals surface area contributed by atoms with Crippen LogP contribution in [0.1, 0.15) is 38.2 Å². The van der Waals surface area contributed by atoms with Gasteiger partial charge in [-0.2, -0.15) is 0 Å². The number of nitrogens with zero attached hydrogens (tertiary/aromatic N) is 2. The molecule has 0 aliphatic carbocycles. The molecule has 2 aliphatic rings. The maximum absolute atomic E-state index is 4.65. The summed E-state index contributed by atoms with van der Waals surface area (Å²) in [4.78, 5) is 7.14. The van der Waals surface area contributed by atoms with Gasteiger partial charge in [0.1, 0.15) is 5.82 Å². The van der Waals surface area contributed by atoms with Crippen LogP contribution < -0.4 is 10.2 Å². The van der Waals surface area contributed by atoms with E-state index in [0.29, 0.717) is 6.04 Å². The molecule has 0 saturated carbocycles. The van der Waals surface area contributed by atoms with E-state index in [-0.39, 0.29) is 0 Å². The Morgan fingerprint density at radius 3 is 2.63 bits per heavy atom. The average molecular weight is 324 g/mol. The molecule has 2 fully saturated rings. The molecule has 2 aliphatic heterocycles. The smallest absolute Gasteiger partial charge is 0.143 e. The molecule has 4 heteroatoms. The van der Waals surface area contributed by atoms with Crippen molar-refractivity contribution in [1.82, 2.24) is 10.3 Å². The third-order valence-electron chi connectivity index (χ3n) is 4.46. The van der Waals surface area contributed by atoms with Gasteiger partial charge in [-0.3, -0.25) is 0 Å². The predicted octanol–water partition coefficient (Wildman–Crippen LogP) is 3.26. The van der Waals surface area contributed by atoms with E-state index in [0.717, 1.165) is 28.9 Å². The molecule has 1 N–H and O–H groups in total. The normalized spacial score (nSPS) is 29.5. The number of halogens is 1. The zero-order chi connectivity index (χ0) is 13.4. The van der Waals surface area contributed by atoms with Crippen molar-refractivity contribution in [1.29, 1.82) is 0 Å². The molecule has 3 rings (SSSR count). The van der Waals surface area contributed by atoms with Gasteiger partial charge in [0.2, 0.25) is 0 Å². The summed E-state index contributed by atoms with van der Waals surface area (Å²) in [7, 11) is 0. The molecule has 1 aromatic rings. The number of rotatable bonds is 3. The molecule has 2 bridgehead atoms. The third kappa shape index (κ3) is 2.65. The highest BCUT2D eigenvalue weighted by molar-refractivity contribution is 9.10. The van der Waals surface area contributed by atoms with Gasteiger partial charge in [-0.15, -0.1) is 0 Å². The van der Waals surface area contributed by atoms with Crippen molar-refractivity contribution in [2.75, 3.05) is 11.4 Å². The zero-order valence-corrected chi connectivity index (χ0v) is 13.3. The van der Waals surface area contributed by atoms with Crippen LogP contribution in [-0.2, 0) is 0 Å². The van der Waals surface area contributed by atoms with Gasteiger partial charge >= 0.3 is 0 Å². The lowest BCUT2D eigenvalue weighted by Gasteiger charge is -2.38. The Bertz CT molecular complexity index is 451. The van der Waals surface area contributed by atoms with E-state index >= 15 is 0 Å². The van der Waals surface area contributed by atoms with Crippen molar-refractivity contribution in [3.63, 3.8) is 0 Å². The average Bonchev–Trinajstić information content (AvgIpc) is 2.72. The van der Waals surface area contributed by atoms with Gasteiger partial charge in [0, 0.05) is 30.9 Å². The van der Waals surface area contributed by atoms with E-state index in [1.807, 2.05) is 6.20 Å². The Labute approximate surface area is 123 Å². The van der Waals surface area contributed by atoms with E-state index in [4.69, 9.17) is 0 Å². The van der Waals surface area contributed by atoms with Gasteiger partial charge in [0.05, 0.1) is 4.47 Å². The van der Waals surface area contributed by atoms with Crippen molar-refractivity contribution in [2.24, 2.45) is 0 Å². The van der Waals surface area contributed by atoms with E-state index in [1.165, 1.54) is 31.2 Å². The molecule has 19 heavy (non-hydrogen) atoms. The van der Waals surface area contributed by atoms with Crippen LogP contribution in [0.5, 0.6) is 0 Å². The van der Waals surface area contributed by atoms with Gasteiger partial charge in [-0.25, -0.2) is 4.98 Å². The fourth-order valence-corrected chi connectivity index (χ4v) is 4.29. The summed E-state index contributed by atoms with van der Waals surface area (Å²) in [6, 6.07) is 4.25. The fourth-order valence-electron chi connectivity index (χ4n) is 3.60. The van der Waals surface area contributed by atoms with Gasteiger partial charge < -0.3 is 10.2 Å². The molecule has 0 radical (unpaired) electrons. The molecule has 0 aromatic carbocycles. The summed E-state index contributed by atoms with van der Waals surface area (Å²) in [5.41, 5.74) is 1.21. The largest absolute Gasteiger partial charge is 0.353 e. The Kier molecular flexibility index (Phi) is 3.81. The second-order valence-corrected chi connectivity index (χ2v) is 6.72. The van der Waals surface area contributed by atoms with Crippen LogP contribution in [0.15, 0.2) is 16.7 Å². The Balaban J connectivity index is 1.83. The minimum absolute atomic E-state index is 0.634. The maximum atomic E-state index is 4.65. The lowest BCUT2D eigenvalue weighted by Crippen LogP contribution is -2.48. The first-order chi connectivity index (χ1) is 9.17. The summed E-state index contributed by atoms with van der Waals surface area (Å²) in [6.07, 6.45) is 7.18. The number of aryl methyl sites for hydroxylation is 1. The standard InChI is InChI=1S/C15H22BrN3/c1-3-19(15-14(16)6-10(2)9-17-15)13-7-11-4-5-12(8-13)18-11/h6,9,11-13,18H,3-5,7-8H2,1-2H3. The first-order valence-electron chi connectivity index (χ1n) is 7.32. The minimum Gasteiger partial charge on any atom is -0.353 e. The van der Waals surface area contributed by atoms with Gasteiger partial charge in [-0.1, -0.05) is 0 Å². The van der Waals surface area contributed by atoms with Crippen LogP contribution in [0.2, 0.25) is 0 Å². The second kappa shape index (κ2) is 5.41. The molecule has 3 heterocycles. The van der Waals surface area contributed by atoms with Crippen LogP contribution in [0.4, 0.5) is 5.82 Å². The van der Waals surface area contributed by atoms with Crippen LogP contribution in [0, 0.1) is 6.92 Å². The monoisotopic (exact) mass is 323 g/mol. The fraction of sp³-hybridized carbons (Fsp3) is 0.667. The summed E-state index contributed by atoms with van der Waals surface area (Å²) in [5, 5.41) is 3.72. The van der Waals surface area contributed by atoms with Crippen molar-refractivity contribution in [2.45, 2.75) is 57.7 Å². The molecular formula is C15H22BrN3. The number of nitrogens with one attached hydrogen (secondary N) is 1. The number of fused-ring (bicyclic) bond motifs is 2. The Hall–Kier alpha value is -0.610. The predicted molar refractivity (Wildman–Crippen MR) is 82.7 cm³/mol. The van der Waals surface area contributed by atoms with E-state index in [1.54, 1.807) is 0 Å². The number of aromatic nitrogens is 1. The highest BCUT2D eigenvalue weighted by atomic mass is 79.9. The van der Waals surface area contributed by atoms with Crippen LogP contribution in [-0.4, -0.2) is 29.7 Å². The van der Waals surface area contributed by atoms with Crippen molar-refractivity contribution >= 4 is 21.7 Å². The molecular weight excluding hydrogens is 302 g/mol. The Morgan fingerprint density at radius 1 is 1.37 bits per heavy atom. The first kappa shape index (κ1) is 13.4. The molecule has 1 aromatic heterocycles. The SMILES string of the molecule is CCN(c1ncc(C)cc1Br)C1CC2CCC(C1)N2. The number of hydrogen-bond donors (Lipinski definition) is 1. The maximum Gasteiger partial charge on any atom is 0.143 e. The zero-order valence-electron chi connectivity index (χ0n) is 11.7. The van der Waals surface area contributed by atoms with Crippen LogP contribution in [0.25, 0.3) is 0 Å². The number of anilines is 1. The summed E-state index contributed by atoms with van der Waals surface area (Å²) in [6.45, 7) is 5.35. The van der Waals surface area contributed by atoms with E-state index in [9.17, 15) is 0 Å². The van der Waals surface area contributed by atoms with Crippen molar-refractivity contribution < 1.29 is 0 Å². The number of piperidine rings is 1. The quantitative estimate of drug-likeness (QED) is 0.925. The molecule has 2 atom stereocenters. The minimum atomic E-state index is 0.634. The number of pyridine rings is 1. The van der Waals surface area contributed by atoms with E-state index < -0.39 is 0 Å². The summed E-state index contributed by atoms with van der Waals surface area (Å²) in [5.74, 6) is 1.11. The highest BCUT2D eigenvalue weighted by Gasteiger charge is 2.36. The second-order valence-electron chi connectivity index (χ2n) is 5.87. The highest BCUT2D eigenvalue weighted by Crippen LogP contribution is 2.34. The van der Waals surface area contributed by atoms with Gasteiger partial charge in [-0.05, 0) is 67.1 Å². The van der Waals surface area contributed by atoms with Gasteiger partial charge in [0.15, 0.2) is 0 Å². The van der Waals surface area contributed by atoms with Crippen molar-refractivity contribution in [3.8, 4) is 0 Å². The molecule has 2 saturated heterocycles. The molecule has 3 nitrogen and oxygen atoms in total. The third-order valence-corrected chi connectivity index (χ3v) is 5.04. The number of hydrogen-bond acceptors (Lipinski definition) is 3. The molecule has 0 amide bonds. The van der Waals surface area contributed by atoms with Crippen LogP contribution in [0.3, 0.4) is 0 Å². The lowest BCUT2D eigenvalue weighted by molar-refractivity contribution is 0.347.